The summed E-state index contributed by atoms with van der Waals surface area (Å²) in [4.78, 5) is 24.1. The molecule has 1 fully saturated rings. The monoisotopic (exact) mass is 348 g/mol. The molecule has 1 aromatic carbocycles. The highest BCUT2D eigenvalue weighted by Crippen LogP contribution is 2.33. The molecular weight excluding hydrogens is 332 g/mol. The number of ketones is 1. The van der Waals surface area contributed by atoms with Crippen molar-refractivity contribution in [2.45, 2.75) is 38.3 Å². The Morgan fingerprint density at radius 1 is 1.19 bits per heavy atom. The molecule has 0 amide bonds. The summed E-state index contributed by atoms with van der Waals surface area (Å²) < 4.78 is 4.47. The minimum absolute atomic E-state index is 0.0496. The molecule has 3 rings (SSSR count). The standard InChI is InChI=1S/C16H17BrN2O2/c17-13-5-3-12(4-6-13)15(20)2-1-9-18-10-11-19(16(18)21)14-7-8-14/h3-6,10-11,14H,1-2,7-9H2. The third kappa shape index (κ3) is 3.35. The second-order valence-electron chi connectivity index (χ2n) is 5.45. The molecule has 5 heteroatoms. The zero-order chi connectivity index (χ0) is 14.8. The van der Waals surface area contributed by atoms with Gasteiger partial charge in [0.2, 0.25) is 0 Å². The van der Waals surface area contributed by atoms with Crippen molar-refractivity contribution in [2.75, 3.05) is 0 Å². The van der Waals surface area contributed by atoms with Crippen LogP contribution in [0.1, 0.15) is 42.1 Å². The molecule has 2 aromatic rings. The van der Waals surface area contributed by atoms with Crippen LogP contribution in [-0.2, 0) is 6.54 Å². The third-order valence-electron chi connectivity index (χ3n) is 3.78. The van der Waals surface area contributed by atoms with Crippen molar-refractivity contribution < 1.29 is 4.79 Å². The van der Waals surface area contributed by atoms with E-state index in [1.807, 2.05) is 36.7 Å². The van der Waals surface area contributed by atoms with E-state index >= 15 is 0 Å². The van der Waals surface area contributed by atoms with Crippen molar-refractivity contribution in [3.05, 3.63) is 57.2 Å². The number of hydrogen-bond acceptors (Lipinski definition) is 2. The van der Waals surface area contributed by atoms with Gasteiger partial charge in [0.15, 0.2) is 5.78 Å². The van der Waals surface area contributed by atoms with E-state index in [1.54, 1.807) is 9.13 Å². The van der Waals surface area contributed by atoms with Crippen molar-refractivity contribution in [3.63, 3.8) is 0 Å². The molecule has 4 nitrogen and oxygen atoms in total. The van der Waals surface area contributed by atoms with E-state index in [2.05, 4.69) is 15.9 Å². The van der Waals surface area contributed by atoms with E-state index in [0.29, 0.717) is 25.4 Å². The summed E-state index contributed by atoms with van der Waals surface area (Å²) in [6.07, 6.45) is 7.03. The summed E-state index contributed by atoms with van der Waals surface area (Å²) >= 11 is 3.35. The van der Waals surface area contributed by atoms with Crippen LogP contribution in [0.2, 0.25) is 0 Å². The number of nitrogens with zero attached hydrogens (tertiary/aromatic N) is 2. The first-order chi connectivity index (χ1) is 10.1. The van der Waals surface area contributed by atoms with Gasteiger partial charge >= 0.3 is 5.69 Å². The number of aryl methyl sites for hydroxylation is 1. The highest BCUT2D eigenvalue weighted by molar-refractivity contribution is 9.10. The number of aromatic nitrogens is 2. The maximum atomic E-state index is 12.1. The van der Waals surface area contributed by atoms with Gasteiger partial charge in [0.1, 0.15) is 0 Å². The number of carbonyl (C=O) groups excluding carboxylic acids is 1. The SMILES string of the molecule is O=C(CCCn1ccn(C2CC2)c1=O)c1ccc(Br)cc1. The van der Waals surface area contributed by atoms with Gasteiger partial charge < -0.3 is 0 Å². The van der Waals surface area contributed by atoms with Gasteiger partial charge in [-0.3, -0.25) is 13.9 Å². The third-order valence-corrected chi connectivity index (χ3v) is 4.31. The van der Waals surface area contributed by atoms with Crippen molar-refractivity contribution in [1.82, 2.24) is 9.13 Å². The van der Waals surface area contributed by atoms with E-state index in [9.17, 15) is 9.59 Å². The van der Waals surface area contributed by atoms with Crippen LogP contribution < -0.4 is 5.69 Å². The molecule has 0 atom stereocenters. The molecule has 1 saturated carbocycles. The molecule has 1 aliphatic rings. The van der Waals surface area contributed by atoms with Crippen molar-refractivity contribution in [1.29, 1.82) is 0 Å². The Hall–Kier alpha value is -1.62. The summed E-state index contributed by atoms with van der Waals surface area (Å²) in [5, 5.41) is 0. The lowest BCUT2D eigenvalue weighted by Crippen LogP contribution is -2.23. The van der Waals surface area contributed by atoms with Crippen LogP contribution in [0.3, 0.4) is 0 Å². The van der Waals surface area contributed by atoms with Crippen LogP contribution in [0.15, 0.2) is 45.9 Å². The maximum Gasteiger partial charge on any atom is 0.328 e. The van der Waals surface area contributed by atoms with Crippen molar-refractivity contribution in [3.8, 4) is 0 Å². The van der Waals surface area contributed by atoms with E-state index in [4.69, 9.17) is 0 Å². The molecular formula is C16H17BrN2O2. The first-order valence-corrected chi connectivity index (χ1v) is 8.00. The summed E-state index contributed by atoms with van der Waals surface area (Å²) in [5.41, 5.74) is 0.773. The molecule has 0 spiro atoms. The fraction of sp³-hybridized carbons (Fsp3) is 0.375. The van der Waals surface area contributed by atoms with E-state index < -0.39 is 0 Å². The fourth-order valence-corrected chi connectivity index (χ4v) is 2.68. The predicted molar refractivity (Wildman–Crippen MR) is 84.7 cm³/mol. The zero-order valence-electron chi connectivity index (χ0n) is 11.7. The first kappa shape index (κ1) is 14.3. The van der Waals surface area contributed by atoms with E-state index in [-0.39, 0.29) is 11.5 Å². The van der Waals surface area contributed by atoms with Crippen molar-refractivity contribution >= 4 is 21.7 Å². The first-order valence-electron chi connectivity index (χ1n) is 7.21. The van der Waals surface area contributed by atoms with Gasteiger partial charge in [-0.1, -0.05) is 28.1 Å². The lowest BCUT2D eigenvalue weighted by molar-refractivity contribution is 0.0978. The van der Waals surface area contributed by atoms with Gasteiger partial charge in [-0.25, -0.2) is 4.79 Å². The molecule has 1 aliphatic carbocycles. The molecule has 0 bridgehead atoms. The molecule has 110 valence electrons. The highest BCUT2D eigenvalue weighted by Gasteiger charge is 2.25. The normalized spacial score (nSPS) is 14.3. The molecule has 1 aromatic heterocycles. The average molecular weight is 349 g/mol. The van der Waals surface area contributed by atoms with Crippen LogP contribution in [0.25, 0.3) is 0 Å². The summed E-state index contributed by atoms with van der Waals surface area (Å²) in [6, 6.07) is 7.79. The average Bonchev–Trinajstić information content (AvgIpc) is 3.25. The number of carbonyl (C=O) groups is 1. The van der Waals surface area contributed by atoms with Crippen molar-refractivity contribution in [2.24, 2.45) is 0 Å². The molecule has 0 aliphatic heterocycles. The Labute approximate surface area is 131 Å². The van der Waals surface area contributed by atoms with Gasteiger partial charge in [-0.05, 0) is 31.4 Å². The van der Waals surface area contributed by atoms with Gasteiger partial charge in [-0.2, -0.15) is 0 Å². The summed E-state index contributed by atoms with van der Waals surface area (Å²) in [5.74, 6) is 0.122. The molecule has 21 heavy (non-hydrogen) atoms. The topological polar surface area (TPSA) is 44.0 Å². The van der Waals surface area contributed by atoms with E-state index in [0.717, 1.165) is 22.9 Å². The minimum Gasteiger partial charge on any atom is -0.299 e. The number of imidazole rings is 1. The van der Waals surface area contributed by atoms with Crippen LogP contribution in [0.4, 0.5) is 0 Å². The largest absolute Gasteiger partial charge is 0.328 e. The Morgan fingerprint density at radius 2 is 1.90 bits per heavy atom. The Balaban J connectivity index is 1.55. The van der Waals surface area contributed by atoms with Gasteiger partial charge in [0, 0.05) is 41.4 Å². The molecule has 0 radical (unpaired) electrons. The lowest BCUT2D eigenvalue weighted by atomic mass is 10.1. The van der Waals surface area contributed by atoms with E-state index in [1.165, 1.54) is 0 Å². The van der Waals surface area contributed by atoms with Gasteiger partial charge in [0.05, 0.1) is 0 Å². The number of benzene rings is 1. The number of rotatable bonds is 6. The second kappa shape index (κ2) is 6.02. The number of halogens is 1. The van der Waals surface area contributed by atoms with Crippen LogP contribution in [0.5, 0.6) is 0 Å². The lowest BCUT2D eigenvalue weighted by Gasteiger charge is -2.03. The maximum absolute atomic E-state index is 12.1. The molecule has 0 unspecified atom stereocenters. The molecule has 0 saturated heterocycles. The molecule has 0 N–H and O–H groups in total. The zero-order valence-corrected chi connectivity index (χ0v) is 13.3. The minimum atomic E-state index is 0.0496. The number of Topliss-reactive ketones (excluding diaryl/α,β-unsaturated/α-hetero) is 1. The Kier molecular flexibility index (Phi) is 4.10. The Morgan fingerprint density at radius 3 is 2.57 bits per heavy atom. The summed E-state index contributed by atoms with van der Waals surface area (Å²) in [6.45, 7) is 0.598. The summed E-state index contributed by atoms with van der Waals surface area (Å²) in [7, 11) is 0. The van der Waals surface area contributed by atoms with Crippen LogP contribution in [-0.4, -0.2) is 14.9 Å². The quantitative estimate of drug-likeness (QED) is 0.750. The highest BCUT2D eigenvalue weighted by atomic mass is 79.9. The van der Waals surface area contributed by atoms with Crippen LogP contribution >= 0.6 is 15.9 Å². The fourth-order valence-electron chi connectivity index (χ4n) is 2.42. The Bertz CT molecular complexity index is 696. The smallest absolute Gasteiger partial charge is 0.299 e. The van der Waals surface area contributed by atoms with Gasteiger partial charge in [-0.15, -0.1) is 0 Å². The number of hydrogen-bond donors (Lipinski definition) is 0. The van der Waals surface area contributed by atoms with Crippen LogP contribution in [0, 0.1) is 0 Å². The molecule has 1 heterocycles. The second-order valence-corrected chi connectivity index (χ2v) is 6.36. The predicted octanol–water partition coefficient (Wildman–Crippen LogP) is 3.41. The van der Waals surface area contributed by atoms with Gasteiger partial charge in [0.25, 0.3) is 0 Å².